The van der Waals surface area contributed by atoms with Gasteiger partial charge in [0.2, 0.25) is 5.09 Å². The normalized spacial score (nSPS) is 13.3. The van der Waals surface area contributed by atoms with Gasteiger partial charge in [0.05, 0.1) is 6.54 Å². The zero-order valence-corrected chi connectivity index (χ0v) is 14.2. The molecular formula is C14H17BrN2O3S. The van der Waals surface area contributed by atoms with Gasteiger partial charge >= 0.3 is 0 Å². The largest absolute Gasteiger partial charge is 0.447 e. The van der Waals surface area contributed by atoms with Gasteiger partial charge in [-0.3, -0.25) is 0 Å². The summed E-state index contributed by atoms with van der Waals surface area (Å²) in [6.07, 6.45) is 0. The van der Waals surface area contributed by atoms with Gasteiger partial charge in [0.1, 0.15) is 5.76 Å². The number of sulfonamides is 1. The molecule has 0 aliphatic rings. The Morgan fingerprint density at radius 2 is 1.86 bits per heavy atom. The van der Waals surface area contributed by atoms with Crippen LogP contribution >= 0.6 is 15.9 Å². The number of nitrogens with one attached hydrogen (secondary N) is 2. The maximum Gasteiger partial charge on any atom is 0.273 e. The van der Waals surface area contributed by atoms with Crippen LogP contribution in [0, 0.1) is 0 Å². The zero-order chi connectivity index (χ0) is 15.5. The van der Waals surface area contributed by atoms with Crippen molar-refractivity contribution in [2.75, 3.05) is 7.05 Å². The van der Waals surface area contributed by atoms with Gasteiger partial charge in [0.15, 0.2) is 0 Å². The molecule has 0 amide bonds. The van der Waals surface area contributed by atoms with Crippen molar-refractivity contribution in [2.24, 2.45) is 0 Å². The molecule has 1 atom stereocenters. The van der Waals surface area contributed by atoms with Crippen LogP contribution in [0.1, 0.15) is 24.3 Å². The van der Waals surface area contributed by atoms with Crippen LogP contribution in [-0.4, -0.2) is 15.5 Å². The molecule has 0 saturated heterocycles. The fraction of sp³-hybridized carbons (Fsp3) is 0.286. The van der Waals surface area contributed by atoms with E-state index in [1.807, 2.05) is 31.2 Å². The number of benzene rings is 1. The molecule has 0 unspecified atom stereocenters. The summed E-state index contributed by atoms with van der Waals surface area (Å²) in [7, 11) is -2.17. The predicted molar refractivity (Wildman–Crippen MR) is 84.4 cm³/mol. The molecule has 1 heterocycles. The zero-order valence-electron chi connectivity index (χ0n) is 11.8. The molecule has 21 heavy (non-hydrogen) atoms. The van der Waals surface area contributed by atoms with Crippen molar-refractivity contribution >= 4 is 26.0 Å². The number of halogens is 1. The Hall–Kier alpha value is -1.15. The lowest BCUT2D eigenvalue weighted by Gasteiger charge is -2.13. The fourth-order valence-electron chi connectivity index (χ4n) is 1.82. The molecule has 2 N–H and O–H groups in total. The minimum atomic E-state index is -3.52. The lowest BCUT2D eigenvalue weighted by atomic mass is 10.1. The van der Waals surface area contributed by atoms with Crippen LogP contribution in [0.3, 0.4) is 0 Å². The molecule has 0 aliphatic heterocycles. The quantitative estimate of drug-likeness (QED) is 0.817. The van der Waals surface area contributed by atoms with E-state index in [1.165, 1.54) is 13.1 Å². The minimum Gasteiger partial charge on any atom is -0.447 e. The molecule has 0 radical (unpaired) electrons. The third-order valence-electron chi connectivity index (χ3n) is 3.12. The molecule has 0 saturated carbocycles. The van der Waals surface area contributed by atoms with Crippen molar-refractivity contribution < 1.29 is 12.8 Å². The van der Waals surface area contributed by atoms with Crippen molar-refractivity contribution in [3.05, 3.63) is 52.2 Å². The van der Waals surface area contributed by atoms with E-state index >= 15 is 0 Å². The van der Waals surface area contributed by atoms with Crippen LogP contribution in [0.5, 0.6) is 0 Å². The van der Waals surface area contributed by atoms with Crippen LogP contribution < -0.4 is 10.0 Å². The summed E-state index contributed by atoms with van der Waals surface area (Å²) in [5, 5.41) is 3.22. The molecule has 7 heteroatoms. The summed E-state index contributed by atoms with van der Waals surface area (Å²) >= 11 is 3.40. The second-order valence-electron chi connectivity index (χ2n) is 4.58. The highest BCUT2D eigenvalue weighted by atomic mass is 79.9. The van der Waals surface area contributed by atoms with E-state index in [0.717, 1.165) is 10.0 Å². The molecule has 2 rings (SSSR count). The lowest BCUT2D eigenvalue weighted by molar-refractivity contribution is 0.392. The van der Waals surface area contributed by atoms with Crippen LogP contribution in [0.4, 0.5) is 0 Å². The van der Waals surface area contributed by atoms with Gasteiger partial charge in [-0.05, 0) is 43.8 Å². The van der Waals surface area contributed by atoms with E-state index in [0.29, 0.717) is 12.3 Å². The lowest BCUT2D eigenvalue weighted by Crippen LogP contribution is -2.18. The van der Waals surface area contributed by atoms with Gasteiger partial charge in [0, 0.05) is 10.5 Å². The maximum absolute atomic E-state index is 11.6. The summed E-state index contributed by atoms with van der Waals surface area (Å²) in [6.45, 7) is 2.49. The van der Waals surface area contributed by atoms with E-state index in [2.05, 4.69) is 26.0 Å². The van der Waals surface area contributed by atoms with Crippen molar-refractivity contribution in [3.63, 3.8) is 0 Å². The first-order valence-corrected chi connectivity index (χ1v) is 8.71. The van der Waals surface area contributed by atoms with Gasteiger partial charge in [-0.2, -0.15) is 0 Å². The third kappa shape index (κ3) is 4.16. The number of hydrogen-bond donors (Lipinski definition) is 2. The van der Waals surface area contributed by atoms with Gasteiger partial charge in [-0.15, -0.1) is 0 Å². The molecule has 114 valence electrons. The third-order valence-corrected chi connectivity index (χ3v) is 4.94. The molecular weight excluding hydrogens is 356 g/mol. The summed E-state index contributed by atoms with van der Waals surface area (Å²) in [4.78, 5) is 0. The molecule has 0 spiro atoms. The smallest absolute Gasteiger partial charge is 0.273 e. The van der Waals surface area contributed by atoms with Gasteiger partial charge in [-0.1, -0.05) is 28.1 Å². The highest BCUT2D eigenvalue weighted by Crippen LogP contribution is 2.18. The Morgan fingerprint density at radius 3 is 2.48 bits per heavy atom. The summed E-state index contributed by atoms with van der Waals surface area (Å²) in [5.41, 5.74) is 1.15. The number of furan rings is 1. The Labute approximate surface area is 132 Å². The first-order chi connectivity index (χ1) is 9.92. The van der Waals surface area contributed by atoms with Crippen molar-refractivity contribution in [1.82, 2.24) is 10.0 Å². The monoisotopic (exact) mass is 372 g/mol. The molecule has 2 aromatic rings. The van der Waals surface area contributed by atoms with Crippen LogP contribution in [0.25, 0.3) is 0 Å². The van der Waals surface area contributed by atoms with Gasteiger partial charge in [0.25, 0.3) is 10.0 Å². The van der Waals surface area contributed by atoms with Crippen LogP contribution in [-0.2, 0) is 16.6 Å². The topological polar surface area (TPSA) is 71.3 Å². The summed E-state index contributed by atoms with van der Waals surface area (Å²) in [6, 6.07) is 11.3. The molecule has 1 aromatic carbocycles. The Morgan fingerprint density at radius 1 is 1.19 bits per heavy atom. The first-order valence-electron chi connectivity index (χ1n) is 6.43. The van der Waals surface area contributed by atoms with Gasteiger partial charge < -0.3 is 9.73 Å². The van der Waals surface area contributed by atoms with Crippen LogP contribution in [0.2, 0.25) is 0 Å². The van der Waals surface area contributed by atoms with Crippen LogP contribution in [0.15, 0.2) is 50.4 Å². The maximum atomic E-state index is 11.6. The second-order valence-corrected chi connectivity index (χ2v) is 7.32. The van der Waals surface area contributed by atoms with Crippen molar-refractivity contribution in [1.29, 1.82) is 0 Å². The molecule has 0 bridgehead atoms. The molecule has 5 nitrogen and oxygen atoms in total. The molecule has 0 fully saturated rings. The SMILES string of the molecule is CNS(=O)(=O)c1ccc(CN[C@@H](C)c2ccc(Br)cc2)o1. The van der Waals surface area contributed by atoms with E-state index in [4.69, 9.17) is 4.42 Å². The molecule has 1 aromatic heterocycles. The first kappa shape index (κ1) is 16.2. The Kier molecular flexibility index (Phi) is 5.21. The van der Waals surface area contributed by atoms with Gasteiger partial charge in [-0.25, -0.2) is 13.1 Å². The predicted octanol–water partition coefficient (Wildman–Crippen LogP) is 2.80. The average Bonchev–Trinajstić information content (AvgIpc) is 2.95. The van der Waals surface area contributed by atoms with E-state index in [-0.39, 0.29) is 11.1 Å². The highest BCUT2D eigenvalue weighted by molar-refractivity contribution is 9.10. The van der Waals surface area contributed by atoms with Crippen molar-refractivity contribution in [2.45, 2.75) is 24.6 Å². The standard InChI is InChI=1S/C14H17BrN2O3S/c1-10(11-3-5-12(15)6-4-11)17-9-13-7-8-14(20-13)21(18,19)16-2/h3-8,10,16-17H,9H2,1-2H3/t10-/m0/s1. The summed E-state index contributed by atoms with van der Waals surface area (Å²) in [5.74, 6) is 0.577. The van der Waals surface area contributed by atoms with Crippen molar-refractivity contribution in [3.8, 4) is 0 Å². The van der Waals surface area contributed by atoms with E-state index in [9.17, 15) is 8.42 Å². The Balaban J connectivity index is 1.99. The molecule has 0 aliphatic carbocycles. The fourth-order valence-corrected chi connectivity index (χ4v) is 2.75. The minimum absolute atomic E-state index is 0.0712. The van der Waals surface area contributed by atoms with E-state index in [1.54, 1.807) is 6.07 Å². The van der Waals surface area contributed by atoms with E-state index < -0.39 is 10.0 Å². The summed E-state index contributed by atoms with van der Waals surface area (Å²) < 4.78 is 31.7. The Bertz CT molecular complexity index is 695. The number of hydrogen-bond acceptors (Lipinski definition) is 4. The number of rotatable bonds is 6. The average molecular weight is 373 g/mol. The highest BCUT2D eigenvalue weighted by Gasteiger charge is 2.16. The second kappa shape index (κ2) is 6.74.